The zero-order valence-corrected chi connectivity index (χ0v) is 9.62. The molecule has 0 fully saturated rings. The Bertz CT molecular complexity index is 530. The summed E-state index contributed by atoms with van der Waals surface area (Å²) in [6.45, 7) is 1.88. The van der Waals surface area contributed by atoms with Crippen molar-refractivity contribution in [3.8, 4) is 5.75 Å². The van der Waals surface area contributed by atoms with E-state index >= 15 is 0 Å². The number of hydrogen-bond donors (Lipinski definition) is 2. The molecule has 2 aromatic rings. The fourth-order valence-corrected chi connectivity index (χ4v) is 2.81. The van der Waals surface area contributed by atoms with Gasteiger partial charge in [-0.3, -0.25) is 4.79 Å². The van der Waals surface area contributed by atoms with Crippen molar-refractivity contribution in [1.29, 1.82) is 0 Å². The number of phenols is 1. The molecule has 0 spiro atoms. The van der Waals surface area contributed by atoms with Gasteiger partial charge in [0.15, 0.2) is 0 Å². The van der Waals surface area contributed by atoms with Gasteiger partial charge in [-0.15, -0.1) is 11.3 Å². The summed E-state index contributed by atoms with van der Waals surface area (Å²) in [7, 11) is 0. The van der Waals surface area contributed by atoms with Gasteiger partial charge in [-0.2, -0.15) is 0 Å². The molecular weight excluding hydrogens is 224 g/mol. The van der Waals surface area contributed by atoms with Gasteiger partial charge in [-0.05, 0) is 18.2 Å². The quantitative estimate of drug-likeness (QED) is 0.860. The van der Waals surface area contributed by atoms with Crippen LogP contribution in [0, 0.1) is 0 Å². The summed E-state index contributed by atoms with van der Waals surface area (Å²) in [4.78, 5) is 11.6. The zero-order valence-electron chi connectivity index (χ0n) is 8.80. The van der Waals surface area contributed by atoms with Crippen LogP contribution in [0.5, 0.6) is 5.75 Å². The van der Waals surface area contributed by atoms with Gasteiger partial charge >= 0.3 is 5.97 Å². The smallest absolute Gasteiger partial charge is 0.303 e. The van der Waals surface area contributed by atoms with Crippen LogP contribution in [0.2, 0.25) is 0 Å². The first-order valence-electron chi connectivity index (χ1n) is 5.01. The monoisotopic (exact) mass is 236 g/mol. The van der Waals surface area contributed by atoms with E-state index in [0.717, 1.165) is 15.0 Å². The molecule has 1 atom stereocenters. The van der Waals surface area contributed by atoms with E-state index in [1.807, 2.05) is 19.1 Å². The number of hydrogen-bond acceptors (Lipinski definition) is 3. The number of rotatable bonds is 3. The summed E-state index contributed by atoms with van der Waals surface area (Å²) in [6, 6.07) is 7.24. The SMILES string of the molecule is CC(CC(=O)O)c1cc2c(O)cccc2s1. The first-order chi connectivity index (χ1) is 7.58. The van der Waals surface area contributed by atoms with Gasteiger partial charge in [0.25, 0.3) is 0 Å². The van der Waals surface area contributed by atoms with Crippen molar-refractivity contribution in [2.75, 3.05) is 0 Å². The third kappa shape index (κ3) is 2.02. The molecule has 0 saturated carbocycles. The second-order valence-corrected chi connectivity index (χ2v) is 4.95. The lowest BCUT2D eigenvalue weighted by molar-refractivity contribution is -0.137. The Labute approximate surface area is 97.0 Å². The predicted octanol–water partition coefficient (Wildman–Crippen LogP) is 3.19. The van der Waals surface area contributed by atoms with Gasteiger partial charge in [-0.25, -0.2) is 0 Å². The highest BCUT2D eigenvalue weighted by molar-refractivity contribution is 7.19. The molecule has 16 heavy (non-hydrogen) atoms. The number of thiophene rings is 1. The molecule has 3 nitrogen and oxygen atoms in total. The van der Waals surface area contributed by atoms with Gasteiger partial charge in [0.05, 0.1) is 6.42 Å². The molecule has 2 rings (SSSR count). The number of aliphatic carboxylic acids is 1. The molecule has 1 unspecified atom stereocenters. The van der Waals surface area contributed by atoms with Crippen LogP contribution >= 0.6 is 11.3 Å². The largest absolute Gasteiger partial charge is 0.507 e. The topological polar surface area (TPSA) is 57.5 Å². The lowest BCUT2D eigenvalue weighted by atomic mass is 10.1. The molecule has 0 aliphatic rings. The van der Waals surface area contributed by atoms with Gasteiger partial charge in [-0.1, -0.05) is 13.0 Å². The molecule has 2 N–H and O–H groups in total. The number of carboxylic acids is 1. The fourth-order valence-electron chi connectivity index (χ4n) is 1.67. The van der Waals surface area contributed by atoms with E-state index in [2.05, 4.69) is 0 Å². The molecule has 0 aliphatic heterocycles. The van der Waals surface area contributed by atoms with E-state index in [9.17, 15) is 9.90 Å². The maximum Gasteiger partial charge on any atom is 0.303 e. The average Bonchev–Trinajstić information content (AvgIpc) is 2.61. The third-order valence-corrected chi connectivity index (χ3v) is 3.86. The summed E-state index contributed by atoms with van der Waals surface area (Å²) in [6.07, 6.45) is 0.119. The molecule has 1 aromatic heterocycles. The lowest BCUT2D eigenvalue weighted by Crippen LogP contribution is -2.00. The van der Waals surface area contributed by atoms with Crippen LogP contribution in [0.4, 0.5) is 0 Å². The average molecular weight is 236 g/mol. The van der Waals surface area contributed by atoms with Crippen molar-refractivity contribution >= 4 is 27.4 Å². The van der Waals surface area contributed by atoms with Crippen LogP contribution in [0.15, 0.2) is 24.3 Å². The summed E-state index contributed by atoms with van der Waals surface area (Å²) < 4.78 is 0.993. The van der Waals surface area contributed by atoms with Crippen molar-refractivity contribution in [2.45, 2.75) is 19.3 Å². The first-order valence-corrected chi connectivity index (χ1v) is 5.83. The van der Waals surface area contributed by atoms with Crippen molar-refractivity contribution in [2.24, 2.45) is 0 Å². The molecule has 4 heteroatoms. The second kappa shape index (κ2) is 4.14. The minimum Gasteiger partial charge on any atom is -0.507 e. The van der Waals surface area contributed by atoms with Crippen molar-refractivity contribution in [3.05, 3.63) is 29.1 Å². The van der Waals surface area contributed by atoms with E-state index in [0.29, 0.717) is 0 Å². The second-order valence-electron chi connectivity index (χ2n) is 3.84. The lowest BCUT2D eigenvalue weighted by Gasteiger charge is -2.03. The summed E-state index contributed by atoms with van der Waals surface area (Å²) in [5.41, 5.74) is 0. The standard InChI is InChI=1S/C12H12O3S/c1-7(5-12(14)15)11-6-8-9(13)3-2-4-10(8)16-11/h2-4,6-7,13H,5H2,1H3,(H,14,15). The fraction of sp³-hybridized carbons (Fsp3) is 0.250. The third-order valence-electron chi connectivity index (χ3n) is 2.52. The van der Waals surface area contributed by atoms with Crippen LogP contribution in [0.1, 0.15) is 24.1 Å². The summed E-state index contributed by atoms with van der Waals surface area (Å²) >= 11 is 1.54. The van der Waals surface area contributed by atoms with Gasteiger partial charge in [0.2, 0.25) is 0 Å². The number of benzene rings is 1. The molecule has 84 valence electrons. The predicted molar refractivity (Wildman–Crippen MR) is 64.2 cm³/mol. The molecule has 0 radical (unpaired) electrons. The highest BCUT2D eigenvalue weighted by atomic mass is 32.1. The van der Waals surface area contributed by atoms with Crippen molar-refractivity contribution < 1.29 is 15.0 Å². The Morgan fingerprint density at radius 2 is 2.25 bits per heavy atom. The van der Waals surface area contributed by atoms with Crippen LogP contribution < -0.4 is 0 Å². The number of fused-ring (bicyclic) bond motifs is 1. The molecule has 0 bridgehead atoms. The Kier molecular flexibility index (Phi) is 2.83. The Balaban J connectivity index is 2.39. The molecular formula is C12H12O3S. The van der Waals surface area contributed by atoms with Crippen LogP contribution in [-0.4, -0.2) is 16.2 Å². The number of carbonyl (C=O) groups is 1. The van der Waals surface area contributed by atoms with E-state index in [-0.39, 0.29) is 18.1 Å². The van der Waals surface area contributed by atoms with Crippen LogP contribution in [0.25, 0.3) is 10.1 Å². The van der Waals surface area contributed by atoms with E-state index < -0.39 is 5.97 Å². The van der Waals surface area contributed by atoms with E-state index in [1.165, 1.54) is 11.3 Å². The van der Waals surface area contributed by atoms with Crippen molar-refractivity contribution in [1.82, 2.24) is 0 Å². The number of aromatic hydroxyl groups is 1. The van der Waals surface area contributed by atoms with Gasteiger partial charge < -0.3 is 10.2 Å². The van der Waals surface area contributed by atoms with Crippen LogP contribution in [-0.2, 0) is 4.79 Å². The number of phenolic OH excluding ortho intramolecular Hbond substituents is 1. The Morgan fingerprint density at radius 3 is 2.88 bits per heavy atom. The molecule has 0 aliphatic carbocycles. The van der Waals surface area contributed by atoms with Crippen molar-refractivity contribution in [3.63, 3.8) is 0 Å². The molecule has 0 saturated heterocycles. The highest BCUT2D eigenvalue weighted by Gasteiger charge is 2.14. The first kappa shape index (κ1) is 11.0. The Morgan fingerprint density at radius 1 is 1.50 bits per heavy atom. The maximum atomic E-state index is 10.6. The van der Waals surface area contributed by atoms with E-state index in [4.69, 9.17) is 5.11 Å². The normalized spacial score (nSPS) is 12.8. The van der Waals surface area contributed by atoms with E-state index in [1.54, 1.807) is 12.1 Å². The number of carboxylic acid groups (broad SMARTS) is 1. The van der Waals surface area contributed by atoms with Crippen LogP contribution in [0.3, 0.4) is 0 Å². The van der Waals surface area contributed by atoms with Gasteiger partial charge in [0, 0.05) is 20.9 Å². The van der Waals surface area contributed by atoms with Gasteiger partial charge in [0.1, 0.15) is 5.75 Å². The Hall–Kier alpha value is -1.55. The minimum absolute atomic E-state index is 0.0192. The molecule has 0 amide bonds. The molecule has 1 heterocycles. The maximum absolute atomic E-state index is 10.6. The zero-order chi connectivity index (χ0) is 11.7. The summed E-state index contributed by atoms with van der Waals surface area (Å²) in [5, 5.41) is 19.2. The highest BCUT2D eigenvalue weighted by Crippen LogP contribution is 2.36. The minimum atomic E-state index is -0.797. The summed E-state index contributed by atoms with van der Waals surface area (Å²) in [5.74, 6) is -0.564. The molecule has 1 aromatic carbocycles.